The molecule has 0 unspecified atom stereocenters. The molecule has 0 amide bonds. The number of methoxy groups -OCH3 is 1. The molecule has 0 heterocycles. The summed E-state index contributed by atoms with van der Waals surface area (Å²) in [5.41, 5.74) is 0. The second-order valence-corrected chi connectivity index (χ2v) is 1.01. The van der Waals surface area contributed by atoms with Crippen LogP contribution in [0.25, 0.3) is 0 Å². The van der Waals surface area contributed by atoms with E-state index in [0.29, 0.717) is 0 Å². The third-order valence-corrected chi connectivity index (χ3v) is 0.581. The summed E-state index contributed by atoms with van der Waals surface area (Å²) >= 11 is 4.30. The second-order valence-electron chi connectivity index (χ2n) is 0.720. The minimum Gasteiger partial charge on any atom is -0.782 e. The van der Waals surface area contributed by atoms with Gasteiger partial charge in [0.25, 0.3) is 5.97 Å². The summed E-state index contributed by atoms with van der Waals surface area (Å²) in [5.74, 6) is -0.291. The number of carbonyl (C=O) groups is 1. The predicted octanol–water partition coefficient (Wildman–Crippen LogP) is -0.296. The summed E-state index contributed by atoms with van der Waals surface area (Å²) in [4.78, 5) is 9.85. The molecule has 0 atom stereocenters. The molecule has 0 N–H and O–H groups in total. The third kappa shape index (κ3) is 6.56. The van der Waals surface area contributed by atoms with Crippen LogP contribution in [-0.4, -0.2) is 18.8 Å². The first-order chi connectivity index (χ1) is 2.81. The Morgan fingerprint density at radius 3 is 2.29 bits per heavy atom. The number of esters is 1. The Kier molecular flexibility index (Phi) is 9.86. The van der Waals surface area contributed by atoms with Crippen molar-refractivity contribution in [1.29, 1.82) is 0 Å². The van der Waals surface area contributed by atoms with Crippen LogP contribution in [0, 0.1) is 0 Å². The van der Waals surface area contributed by atoms with Gasteiger partial charge in [-0.15, -0.1) is 0 Å². The van der Waals surface area contributed by atoms with Gasteiger partial charge < -0.3 is 17.4 Å². The summed E-state index contributed by atoms with van der Waals surface area (Å²) in [6.45, 7) is 0. The predicted molar refractivity (Wildman–Crippen MR) is 24.2 cm³/mol. The molecule has 0 aromatic carbocycles. The fraction of sp³-hybridized carbons (Fsp3) is 0.667. The maximum Gasteiger partial charge on any atom is 1.00 e. The van der Waals surface area contributed by atoms with Gasteiger partial charge in [-0.3, -0.25) is 4.79 Å². The number of carbonyl (C=O) groups excluding carboxylic acids is 1. The smallest absolute Gasteiger partial charge is 0.782 e. The van der Waals surface area contributed by atoms with Gasteiger partial charge in [-0.25, -0.2) is 0 Å². The molecule has 7 heavy (non-hydrogen) atoms. The number of hydrogen-bond acceptors (Lipinski definition) is 3. The van der Waals surface area contributed by atoms with Crippen molar-refractivity contribution in [2.75, 3.05) is 12.9 Å². The van der Waals surface area contributed by atoms with E-state index >= 15 is 0 Å². The molecule has 0 spiro atoms. The quantitative estimate of drug-likeness (QED) is 0.378. The Balaban J connectivity index is 0. The summed E-state index contributed by atoms with van der Waals surface area (Å²) in [6, 6.07) is 0. The Labute approximate surface area is 63.5 Å². The first-order valence-electron chi connectivity index (χ1n) is 1.46. The molecule has 4 heteroatoms. The Hall–Kier alpha value is 0.560. The maximum atomic E-state index is 9.85. The number of ether oxygens (including phenoxy) is 1. The first-order valence-corrected chi connectivity index (χ1v) is 2.04. The van der Waals surface area contributed by atoms with Crippen LogP contribution >= 0.6 is 0 Å². The van der Waals surface area contributed by atoms with Crippen molar-refractivity contribution in [2.45, 2.75) is 0 Å². The molecule has 0 aromatic rings. The number of rotatable bonds is 1. The van der Waals surface area contributed by atoms with E-state index in [1.165, 1.54) is 7.11 Å². The molecular formula is C3H5AuO2S. The Morgan fingerprint density at radius 1 is 1.86 bits per heavy atom. The van der Waals surface area contributed by atoms with E-state index in [9.17, 15) is 4.79 Å². The molecule has 0 fully saturated rings. The van der Waals surface area contributed by atoms with Gasteiger partial charge in [-0.05, 0) is 0 Å². The van der Waals surface area contributed by atoms with Gasteiger partial charge in [0.2, 0.25) is 0 Å². The molecule has 0 saturated carbocycles. The van der Waals surface area contributed by atoms with Crippen molar-refractivity contribution in [2.24, 2.45) is 0 Å². The van der Waals surface area contributed by atoms with E-state index in [2.05, 4.69) is 17.4 Å². The molecule has 0 rings (SSSR count). The van der Waals surface area contributed by atoms with Gasteiger partial charge in [-0.2, -0.15) is 0 Å². The van der Waals surface area contributed by atoms with Crippen molar-refractivity contribution < 1.29 is 31.9 Å². The van der Waals surface area contributed by atoms with Crippen molar-refractivity contribution in [3.05, 3.63) is 0 Å². The second kappa shape index (κ2) is 6.56. The average molecular weight is 302 g/mol. The zero-order valence-corrected chi connectivity index (χ0v) is 6.72. The molecule has 46 valence electrons. The van der Waals surface area contributed by atoms with Crippen LogP contribution < -0.4 is 0 Å². The fourth-order valence-electron chi connectivity index (χ4n) is 0.0589. The molecule has 0 bridgehead atoms. The van der Waals surface area contributed by atoms with Crippen molar-refractivity contribution in [3.63, 3.8) is 0 Å². The van der Waals surface area contributed by atoms with Crippen LogP contribution in [-0.2, 0) is 44.5 Å². The molecule has 0 saturated heterocycles. The monoisotopic (exact) mass is 302 g/mol. The standard InChI is InChI=1S/C3H6O2S.Au/c1-5-3(4)2-6;/h6H,2H2,1H3;/q;+1/p-1. The van der Waals surface area contributed by atoms with Crippen molar-refractivity contribution in [1.82, 2.24) is 0 Å². The number of hydrogen-bond donors (Lipinski definition) is 0. The van der Waals surface area contributed by atoms with Crippen LogP contribution in [0.1, 0.15) is 0 Å². The first kappa shape index (κ1) is 10.5. The van der Waals surface area contributed by atoms with Crippen LogP contribution in [0.2, 0.25) is 0 Å². The zero-order chi connectivity index (χ0) is 4.99. The Morgan fingerprint density at radius 2 is 2.29 bits per heavy atom. The largest absolute Gasteiger partial charge is 1.00 e. The van der Waals surface area contributed by atoms with Crippen molar-refractivity contribution in [3.8, 4) is 0 Å². The van der Waals surface area contributed by atoms with E-state index in [4.69, 9.17) is 0 Å². The van der Waals surface area contributed by atoms with Gasteiger partial charge in [0, 0.05) is 0 Å². The van der Waals surface area contributed by atoms with E-state index in [-0.39, 0.29) is 34.1 Å². The summed E-state index contributed by atoms with van der Waals surface area (Å²) in [5, 5.41) is 0. The molecule has 2 nitrogen and oxygen atoms in total. The summed E-state index contributed by atoms with van der Waals surface area (Å²) in [7, 11) is 1.31. The van der Waals surface area contributed by atoms with Gasteiger partial charge in [0.15, 0.2) is 0 Å². The topological polar surface area (TPSA) is 26.3 Å². The van der Waals surface area contributed by atoms with Gasteiger partial charge in [-0.1, -0.05) is 5.75 Å². The zero-order valence-electron chi connectivity index (χ0n) is 3.73. The van der Waals surface area contributed by atoms with Gasteiger partial charge >= 0.3 is 22.4 Å². The molecule has 0 aliphatic rings. The van der Waals surface area contributed by atoms with E-state index in [1.54, 1.807) is 0 Å². The molecule has 0 aliphatic heterocycles. The van der Waals surface area contributed by atoms with Crippen LogP contribution in [0.3, 0.4) is 0 Å². The third-order valence-electron chi connectivity index (χ3n) is 0.346. The Bertz CT molecular complexity index is 50.9. The van der Waals surface area contributed by atoms with Crippen LogP contribution in [0.15, 0.2) is 0 Å². The summed E-state index contributed by atoms with van der Waals surface area (Å²) in [6.07, 6.45) is 0. The fourth-order valence-corrected chi connectivity index (χ4v) is 0.177. The molecular weight excluding hydrogens is 297 g/mol. The minimum atomic E-state index is -0.343. The molecule has 0 aliphatic carbocycles. The minimum absolute atomic E-state index is 0. The molecule has 0 aromatic heterocycles. The van der Waals surface area contributed by atoms with Crippen LogP contribution in [0.4, 0.5) is 0 Å². The van der Waals surface area contributed by atoms with Crippen LogP contribution in [0.5, 0.6) is 0 Å². The summed E-state index contributed by atoms with van der Waals surface area (Å²) < 4.78 is 4.16. The normalized spacial score (nSPS) is 6.57. The maximum absolute atomic E-state index is 9.85. The van der Waals surface area contributed by atoms with Gasteiger partial charge in [0.05, 0.1) is 7.11 Å². The SMILES string of the molecule is COC(=O)C[S-].[Au+]. The van der Waals surface area contributed by atoms with E-state index in [1.807, 2.05) is 0 Å². The van der Waals surface area contributed by atoms with Crippen molar-refractivity contribution >= 4 is 18.6 Å². The molecule has 0 radical (unpaired) electrons. The van der Waals surface area contributed by atoms with Gasteiger partial charge in [0.1, 0.15) is 0 Å². The van der Waals surface area contributed by atoms with E-state index in [0.717, 1.165) is 0 Å². The van der Waals surface area contributed by atoms with E-state index < -0.39 is 0 Å². The average Bonchev–Trinajstić information content (AvgIpc) is 1.65.